The lowest BCUT2D eigenvalue weighted by atomic mass is 10.0. The third-order valence-corrected chi connectivity index (χ3v) is 7.25. The first-order chi connectivity index (χ1) is 13.9. The topological polar surface area (TPSA) is 74.6 Å². The maximum atomic E-state index is 11.6. The molecule has 2 unspecified atom stereocenters. The van der Waals surface area contributed by atoms with Crippen LogP contribution in [-0.2, 0) is 10.1 Å². The molecule has 0 amide bonds. The van der Waals surface area contributed by atoms with Gasteiger partial charge in [0, 0.05) is 0 Å². The van der Waals surface area contributed by atoms with Crippen molar-refractivity contribution in [2.75, 3.05) is 0 Å². The Kier molecular flexibility index (Phi) is 19.7. The monoisotopic (exact) mass is 434 g/mol. The zero-order valence-electron chi connectivity index (χ0n) is 19.4. The van der Waals surface area contributed by atoms with Crippen LogP contribution in [-0.4, -0.2) is 29.4 Å². The lowest BCUT2D eigenvalue weighted by Crippen LogP contribution is -2.26. The van der Waals surface area contributed by atoms with Crippen molar-refractivity contribution < 1.29 is 18.1 Å². The number of hydrogen-bond donors (Lipinski definition) is 2. The highest BCUT2D eigenvalue weighted by molar-refractivity contribution is 7.86. The first kappa shape index (κ1) is 28.9. The molecule has 0 spiro atoms. The molecule has 0 rings (SSSR count). The summed E-state index contributed by atoms with van der Waals surface area (Å²) in [5, 5.41) is 9.30. The molecular formula is C24H50O4S. The molecule has 0 aliphatic carbocycles. The van der Waals surface area contributed by atoms with Crippen LogP contribution in [0.1, 0.15) is 142 Å². The molecule has 0 heterocycles. The molecule has 2 N–H and O–H groups in total. The zero-order chi connectivity index (χ0) is 21.8. The van der Waals surface area contributed by atoms with Gasteiger partial charge in [-0.3, -0.25) is 4.55 Å². The van der Waals surface area contributed by atoms with Crippen LogP contribution in [0, 0.1) is 0 Å². The summed E-state index contributed by atoms with van der Waals surface area (Å²) in [6.07, 6.45) is 21.2. The SMILES string of the molecule is CCCCCCCCCCCCCCCC(CC(O)CCCCCC)S(=O)(=O)O. The van der Waals surface area contributed by atoms with Gasteiger partial charge in [-0.1, -0.05) is 123 Å². The van der Waals surface area contributed by atoms with Gasteiger partial charge in [0.15, 0.2) is 0 Å². The van der Waals surface area contributed by atoms with Gasteiger partial charge < -0.3 is 5.11 Å². The summed E-state index contributed by atoms with van der Waals surface area (Å²) in [6, 6.07) is 0. The van der Waals surface area contributed by atoms with Gasteiger partial charge in [-0.05, 0) is 19.3 Å². The smallest absolute Gasteiger partial charge is 0.267 e. The fourth-order valence-electron chi connectivity index (χ4n) is 4.01. The van der Waals surface area contributed by atoms with Gasteiger partial charge in [-0.2, -0.15) is 8.42 Å². The Balaban J connectivity index is 3.72. The third kappa shape index (κ3) is 19.6. The van der Waals surface area contributed by atoms with Crippen LogP contribution in [0.2, 0.25) is 0 Å². The van der Waals surface area contributed by atoms with Gasteiger partial charge in [0.2, 0.25) is 0 Å². The van der Waals surface area contributed by atoms with Crippen LogP contribution in [0.25, 0.3) is 0 Å². The second-order valence-corrected chi connectivity index (χ2v) is 10.6. The second kappa shape index (κ2) is 19.8. The Bertz CT molecular complexity index is 436. The average molecular weight is 435 g/mol. The summed E-state index contributed by atoms with van der Waals surface area (Å²) in [5.41, 5.74) is 0. The van der Waals surface area contributed by atoms with Crippen LogP contribution in [0.5, 0.6) is 0 Å². The summed E-state index contributed by atoms with van der Waals surface area (Å²) < 4.78 is 32.8. The van der Waals surface area contributed by atoms with Crippen molar-refractivity contribution in [3.63, 3.8) is 0 Å². The Morgan fingerprint density at radius 3 is 1.34 bits per heavy atom. The van der Waals surface area contributed by atoms with Gasteiger partial charge >= 0.3 is 0 Å². The van der Waals surface area contributed by atoms with Crippen molar-refractivity contribution >= 4 is 10.1 Å². The number of rotatable bonds is 22. The minimum Gasteiger partial charge on any atom is -0.393 e. The summed E-state index contributed by atoms with van der Waals surface area (Å²) >= 11 is 0. The molecule has 2 atom stereocenters. The number of aliphatic hydroxyl groups excluding tert-OH is 1. The Labute approximate surface area is 182 Å². The van der Waals surface area contributed by atoms with Crippen LogP contribution >= 0.6 is 0 Å². The summed E-state index contributed by atoms with van der Waals surface area (Å²) in [7, 11) is -4.07. The molecule has 0 radical (unpaired) electrons. The molecule has 0 bridgehead atoms. The maximum absolute atomic E-state index is 11.6. The molecule has 0 saturated heterocycles. The van der Waals surface area contributed by atoms with Crippen LogP contribution in [0.3, 0.4) is 0 Å². The van der Waals surface area contributed by atoms with Crippen molar-refractivity contribution in [2.24, 2.45) is 0 Å². The van der Waals surface area contributed by atoms with E-state index in [2.05, 4.69) is 13.8 Å². The average Bonchev–Trinajstić information content (AvgIpc) is 2.67. The highest BCUT2D eigenvalue weighted by Gasteiger charge is 2.25. The maximum Gasteiger partial charge on any atom is 0.267 e. The van der Waals surface area contributed by atoms with E-state index < -0.39 is 21.5 Å². The molecule has 0 saturated carbocycles. The van der Waals surface area contributed by atoms with Crippen LogP contribution in [0.15, 0.2) is 0 Å². The number of unbranched alkanes of at least 4 members (excludes halogenated alkanes) is 15. The van der Waals surface area contributed by atoms with Crippen molar-refractivity contribution in [3.8, 4) is 0 Å². The van der Waals surface area contributed by atoms with E-state index in [1.54, 1.807) is 0 Å². The minimum absolute atomic E-state index is 0.170. The molecule has 4 nitrogen and oxygen atoms in total. The Hall–Kier alpha value is -0.130. The molecule has 0 aliphatic rings. The van der Waals surface area contributed by atoms with E-state index in [0.29, 0.717) is 12.8 Å². The molecule has 0 aromatic rings. The van der Waals surface area contributed by atoms with Gasteiger partial charge in [0.25, 0.3) is 10.1 Å². The third-order valence-electron chi connectivity index (χ3n) is 5.98. The van der Waals surface area contributed by atoms with E-state index in [1.165, 1.54) is 64.2 Å². The van der Waals surface area contributed by atoms with E-state index in [1.807, 2.05) is 0 Å². The Morgan fingerprint density at radius 2 is 0.931 bits per heavy atom. The first-order valence-corrected chi connectivity index (χ1v) is 14.1. The quantitative estimate of drug-likeness (QED) is 0.137. The lowest BCUT2D eigenvalue weighted by Gasteiger charge is -2.18. The van der Waals surface area contributed by atoms with Gasteiger partial charge in [0.1, 0.15) is 0 Å². The number of hydrogen-bond acceptors (Lipinski definition) is 3. The summed E-state index contributed by atoms with van der Waals surface area (Å²) in [6.45, 7) is 4.39. The summed E-state index contributed by atoms with van der Waals surface area (Å²) in [5.74, 6) is 0. The molecule has 0 fully saturated rings. The fourth-order valence-corrected chi connectivity index (χ4v) is 4.94. The van der Waals surface area contributed by atoms with Crippen molar-refractivity contribution in [2.45, 2.75) is 154 Å². The number of aliphatic hydroxyl groups is 1. The normalized spacial score (nSPS) is 14.2. The van der Waals surface area contributed by atoms with Crippen molar-refractivity contribution in [1.82, 2.24) is 0 Å². The van der Waals surface area contributed by atoms with E-state index in [4.69, 9.17) is 0 Å². The molecule has 0 aromatic carbocycles. The standard InChI is InChI=1S/C24H50O4S/c1-3-5-7-9-10-11-12-13-14-15-16-17-19-21-24(29(26,27)28)22-23(25)20-18-8-6-4-2/h23-25H,3-22H2,1-2H3,(H,26,27,28). The van der Waals surface area contributed by atoms with E-state index in [0.717, 1.165) is 44.9 Å². The van der Waals surface area contributed by atoms with Gasteiger partial charge in [-0.15, -0.1) is 0 Å². The van der Waals surface area contributed by atoms with E-state index in [-0.39, 0.29) is 6.42 Å². The van der Waals surface area contributed by atoms with Crippen LogP contribution < -0.4 is 0 Å². The van der Waals surface area contributed by atoms with Crippen molar-refractivity contribution in [1.29, 1.82) is 0 Å². The second-order valence-electron chi connectivity index (χ2n) is 8.91. The molecular weight excluding hydrogens is 384 g/mol. The molecule has 0 aromatic heterocycles. The van der Waals surface area contributed by atoms with Gasteiger partial charge in [0.05, 0.1) is 11.4 Å². The largest absolute Gasteiger partial charge is 0.393 e. The van der Waals surface area contributed by atoms with Gasteiger partial charge in [-0.25, -0.2) is 0 Å². The summed E-state index contributed by atoms with van der Waals surface area (Å²) in [4.78, 5) is 0. The molecule has 29 heavy (non-hydrogen) atoms. The lowest BCUT2D eigenvalue weighted by molar-refractivity contribution is 0.147. The van der Waals surface area contributed by atoms with Crippen LogP contribution in [0.4, 0.5) is 0 Å². The van der Waals surface area contributed by atoms with E-state index in [9.17, 15) is 18.1 Å². The predicted octanol–water partition coefficient (Wildman–Crippen LogP) is 7.45. The zero-order valence-corrected chi connectivity index (χ0v) is 20.2. The highest BCUT2D eigenvalue weighted by Crippen LogP contribution is 2.20. The molecule has 176 valence electrons. The highest BCUT2D eigenvalue weighted by atomic mass is 32.2. The minimum atomic E-state index is -4.07. The molecule has 5 heteroatoms. The van der Waals surface area contributed by atoms with Crippen molar-refractivity contribution in [3.05, 3.63) is 0 Å². The predicted molar refractivity (Wildman–Crippen MR) is 125 cm³/mol. The first-order valence-electron chi connectivity index (χ1n) is 12.6. The fraction of sp³-hybridized carbons (Fsp3) is 1.00. The van der Waals surface area contributed by atoms with E-state index >= 15 is 0 Å². The molecule has 0 aliphatic heterocycles. The Morgan fingerprint density at radius 1 is 0.586 bits per heavy atom.